The van der Waals surface area contributed by atoms with Gasteiger partial charge >= 0.3 is 6.03 Å². The lowest BCUT2D eigenvalue weighted by Crippen LogP contribution is -2.37. The summed E-state index contributed by atoms with van der Waals surface area (Å²) in [5.41, 5.74) is 5.74. The van der Waals surface area contributed by atoms with Crippen molar-refractivity contribution in [1.29, 1.82) is 0 Å². The molecule has 3 amide bonds. The van der Waals surface area contributed by atoms with Gasteiger partial charge in [0.25, 0.3) is 5.91 Å². The molecule has 2 aliphatic heterocycles. The highest BCUT2D eigenvalue weighted by molar-refractivity contribution is 6.33. The SMILES string of the molecule is Cc1ccc(N(CCCN2CC3=CN(C(=O)c4c(C)ccnc4C)CC3C2)C(=O)Nc2cc(Cl)nc(Cl)c2)cc1Cl. The van der Waals surface area contributed by atoms with E-state index in [2.05, 4.69) is 20.2 Å². The summed E-state index contributed by atoms with van der Waals surface area (Å²) < 4.78 is 0. The Morgan fingerprint density at radius 1 is 1.02 bits per heavy atom. The van der Waals surface area contributed by atoms with Crippen LogP contribution in [0.1, 0.15) is 33.6 Å². The standard InChI is InChI=1S/C30H31Cl3N6O2/c1-18-5-6-24(13-25(18)31)39(30(41)35-23-11-26(32)36-27(33)12-23)10-4-9-37-14-21-16-38(17-22(21)15-37)29(40)28-19(2)7-8-34-20(28)3/h5-8,11-13,16,22H,4,9-10,14-15,17H2,1-3H3,(H,35,36,41). The van der Waals surface area contributed by atoms with Crippen LogP contribution in [0.15, 0.2) is 54.4 Å². The number of nitrogens with zero attached hydrogens (tertiary/aromatic N) is 5. The maximum absolute atomic E-state index is 13.4. The fraction of sp³-hybridized carbons (Fsp3) is 0.333. The first-order valence-electron chi connectivity index (χ1n) is 13.4. The smallest absolute Gasteiger partial charge is 0.314 e. The van der Waals surface area contributed by atoms with E-state index in [4.69, 9.17) is 34.8 Å². The van der Waals surface area contributed by atoms with Gasteiger partial charge < -0.3 is 10.2 Å². The molecule has 11 heteroatoms. The highest BCUT2D eigenvalue weighted by Crippen LogP contribution is 2.31. The number of likely N-dealkylation sites (tertiary alicyclic amines) is 1. The number of pyridine rings is 2. The highest BCUT2D eigenvalue weighted by atomic mass is 35.5. The summed E-state index contributed by atoms with van der Waals surface area (Å²) in [6, 6.07) is 10.2. The third-order valence-electron chi connectivity index (χ3n) is 7.55. The summed E-state index contributed by atoms with van der Waals surface area (Å²) >= 11 is 18.4. The molecule has 0 radical (unpaired) electrons. The minimum absolute atomic E-state index is 0.0109. The lowest BCUT2D eigenvalue weighted by molar-refractivity contribution is 0.0818. The van der Waals surface area contributed by atoms with Gasteiger partial charge in [0.15, 0.2) is 0 Å². The molecule has 1 unspecified atom stereocenters. The molecule has 1 atom stereocenters. The van der Waals surface area contributed by atoms with E-state index < -0.39 is 0 Å². The molecular weight excluding hydrogens is 583 g/mol. The van der Waals surface area contributed by atoms with Crippen molar-refractivity contribution in [3.8, 4) is 0 Å². The average Bonchev–Trinajstić information content (AvgIpc) is 3.47. The average molecular weight is 614 g/mol. The fourth-order valence-electron chi connectivity index (χ4n) is 5.44. The number of fused-ring (bicyclic) bond motifs is 1. The number of hydrogen-bond acceptors (Lipinski definition) is 5. The summed E-state index contributed by atoms with van der Waals surface area (Å²) in [6.07, 6.45) is 4.49. The van der Waals surface area contributed by atoms with E-state index in [0.29, 0.717) is 41.0 Å². The Bertz CT molecular complexity index is 1490. The first-order chi connectivity index (χ1) is 19.6. The molecule has 1 fully saturated rings. The fourth-order valence-corrected chi connectivity index (χ4v) is 6.08. The van der Waals surface area contributed by atoms with Crippen molar-refractivity contribution < 1.29 is 9.59 Å². The van der Waals surface area contributed by atoms with E-state index in [0.717, 1.165) is 42.9 Å². The van der Waals surface area contributed by atoms with E-state index in [9.17, 15) is 9.59 Å². The molecule has 1 aromatic carbocycles. The molecule has 1 N–H and O–H groups in total. The van der Waals surface area contributed by atoms with Crippen molar-refractivity contribution in [2.75, 3.05) is 42.9 Å². The summed E-state index contributed by atoms with van der Waals surface area (Å²) in [5, 5.41) is 3.85. The lowest BCUT2D eigenvalue weighted by Gasteiger charge is -2.25. The Labute approximate surface area is 254 Å². The number of aryl methyl sites for hydroxylation is 3. The quantitative estimate of drug-likeness (QED) is 0.298. The van der Waals surface area contributed by atoms with Crippen molar-refractivity contribution in [3.05, 3.63) is 92.1 Å². The van der Waals surface area contributed by atoms with Crippen LogP contribution in [0.4, 0.5) is 16.2 Å². The number of benzene rings is 1. The van der Waals surface area contributed by atoms with Crippen LogP contribution in [0.25, 0.3) is 0 Å². The molecule has 3 aromatic rings. The van der Waals surface area contributed by atoms with Crippen molar-refractivity contribution >= 4 is 58.1 Å². The molecule has 214 valence electrons. The number of urea groups is 1. The Morgan fingerprint density at radius 2 is 1.78 bits per heavy atom. The van der Waals surface area contributed by atoms with E-state index in [-0.39, 0.29) is 22.2 Å². The van der Waals surface area contributed by atoms with Crippen LogP contribution in [0, 0.1) is 26.7 Å². The second kappa shape index (κ2) is 12.4. The number of aromatic nitrogens is 2. The summed E-state index contributed by atoms with van der Waals surface area (Å²) in [6.45, 7) is 9.37. The van der Waals surface area contributed by atoms with Crippen LogP contribution in [0.2, 0.25) is 15.3 Å². The number of carbonyl (C=O) groups excluding carboxylic acids is 2. The second-order valence-electron chi connectivity index (χ2n) is 10.6. The number of carbonyl (C=O) groups is 2. The molecule has 41 heavy (non-hydrogen) atoms. The van der Waals surface area contributed by atoms with Crippen molar-refractivity contribution in [2.24, 2.45) is 5.92 Å². The largest absolute Gasteiger partial charge is 0.326 e. The summed E-state index contributed by atoms with van der Waals surface area (Å²) in [5.74, 6) is 0.324. The van der Waals surface area contributed by atoms with Crippen molar-refractivity contribution in [2.45, 2.75) is 27.2 Å². The molecule has 1 saturated heterocycles. The van der Waals surface area contributed by atoms with E-state index in [1.807, 2.05) is 50.1 Å². The minimum atomic E-state index is -0.320. The maximum Gasteiger partial charge on any atom is 0.326 e. The molecule has 2 aromatic heterocycles. The number of anilines is 2. The highest BCUT2D eigenvalue weighted by Gasteiger charge is 2.36. The van der Waals surface area contributed by atoms with Crippen LogP contribution in [0.5, 0.6) is 0 Å². The molecule has 0 bridgehead atoms. The van der Waals surface area contributed by atoms with Gasteiger partial charge in [0.2, 0.25) is 0 Å². The summed E-state index contributed by atoms with van der Waals surface area (Å²) in [4.78, 5) is 40.7. The number of halogens is 3. The molecule has 5 rings (SSSR count). The van der Waals surface area contributed by atoms with Crippen LogP contribution in [-0.4, -0.2) is 64.4 Å². The van der Waals surface area contributed by atoms with Gasteiger partial charge in [-0.3, -0.25) is 19.6 Å². The van der Waals surface area contributed by atoms with Gasteiger partial charge in [-0.25, -0.2) is 9.78 Å². The zero-order chi connectivity index (χ0) is 29.3. The van der Waals surface area contributed by atoms with Gasteiger partial charge in [-0.05, 0) is 74.2 Å². The molecule has 0 spiro atoms. The number of nitrogens with one attached hydrogen (secondary N) is 1. The predicted octanol–water partition coefficient (Wildman–Crippen LogP) is 6.76. The third-order valence-corrected chi connectivity index (χ3v) is 8.35. The molecule has 4 heterocycles. The van der Waals surface area contributed by atoms with Gasteiger partial charge in [0.1, 0.15) is 10.3 Å². The van der Waals surface area contributed by atoms with Gasteiger partial charge in [-0.1, -0.05) is 40.9 Å². The number of rotatable bonds is 7. The molecule has 0 saturated carbocycles. The summed E-state index contributed by atoms with van der Waals surface area (Å²) in [7, 11) is 0. The second-order valence-corrected chi connectivity index (χ2v) is 11.7. The first kappa shape index (κ1) is 29.3. The van der Waals surface area contributed by atoms with Gasteiger partial charge in [0, 0.05) is 67.4 Å². The van der Waals surface area contributed by atoms with Gasteiger partial charge in [-0.2, -0.15) is 0 Å². The lowest BCUT2D eigenvalue weighted by atomic mass is 10.1. The van der Waals surface area contributed by atoms with E-state index in [1.54, 1.807) is 29.3 Å². The van der Waals surface area contributed by atoms with Crippen LogP contribution in [0.3, 0.4) is 0 Å². The molecule has 0 aliphatic carbocycles. The van der Waals surface area contributed by atoms with Crippen LogP contribution in [-0.2, 0) is 0 Å². The van der Waals surface area contributed by atoms with Crippen LogP contribution >= 0.6 is 34.8 Å². The molecule has 2 aliphatic rings. The zero-order valence-corrected chi connectivity index (χ0v) is 25.4. The van der Waals surface area contributed by atoms with Crippen LogP contribution < -0.4 is 10.2 Å². The first-order valence-corrected chi connectivity index (χ1v) is 14.6. The Hall–Kier alpha value is -3.17. The van der Waals surface area contributed by atoms with E-state index >= 15 is 0 Å². The molecular formula is C30H31Cl3N6O2. The number of hydrogen-bond donors (Lipinski definition) is 1. The van der Waals surface area contributed by atoms with Crippen molar-refractivity contribution in [1.82, 2.24) is 19.8 Å². The molecule has 8 nitrogen and oxygen atoms in total. The van der Waals surface area contributed by atoms with E-state index in [1.165, 1.54) is 5.57 Å². The van der Waals surface area contributed by atoms with Crippen molar-refractivity contribution in [3.63, 3.8) is 0 Å². The van der Waals surface area contributed by atoms with Gasteiger partial charge in [-0.15, -0.1) is 0 Å². The Kier molecular flexibility index (Phi) is 8.85. The van der Waals surface area contributed by atoms with Gasteiger partial charge in [0.05, 0.1) is 11.3 Å². The zero-order valence-electron chi connectivity index (χ0n) is 23.1. The predicted molar refractivity (Wildman–Crippen MR) is 164 cm³/mol. The Balaban J connectivity index is 1.22. The third kappa shape index (κ3) is 6.67. The number of amides is 3. The maximum atomic E-state index is 13.4. The topological polar surface area (TPSA) is 81.7 Å². The monoisotopic (exact) mass is 612 g/mol. The normalized spacial score (nSPS) is 16.5. The minimum Gasteiger partial charge on any atom is -0.314 e. The Morgan fingerprint density at radius 3 is 2.46 bits per heavy atom.